The number of nitrogens with zero attached hydrogens (tertiary/aromatic N) is 2. The minimum atomic E-state index is 0.0649. The van der Waals surface area contributed by atoms with E-state index in [0.29, 0.717) is 18.7 Å². The van der Waals surface area contributed by atoms with E-state index in [2.05, 4.69) is 23.0 Å². The molecule has 2 aromatic carbocycles. The van der Waals surface area contributed by atoms with Crippen LogP contribution in [0.25, 0.3) is 11.0 Å². The van der Waals surface area contributed by atoms with Gasteiger partial charge in [0, 0.05) is 18.9 Å². The molecule has 0 spiro atoms. The van der Waals surface area contributed by atoms with Gasteiger partial charge in [0.25, 0.3) is 0 Å². The van der Waals surface area contributed by atoms with Crippen LogP contribution in [0.4, 0.5) is 5.69 Å². The number of methoxy groups -OCH3 is 1. The molecule has 2 heterocycles. The predicted molar refractivity (Wildman–Crippen MR) is 93.5 cm³/mol. The second kappa shape index (κ2) is 5.67. The van der Waals surface area contributed by atoms with Gasteiger partial charge in [0.05, 0.1) is 23.8 Å². The molecule has 1 fully saturated rings. The van der Waals surface area contributed by atoms with E-state index in [1.807, 2.05) is 36.4 Å². The van der Waals surface area contributed by atoms with Crippen LogP contribution in [0.5, 0.6) is 5.75 Å². The van der Waals surface area contributed by atoms with Crippen molar-refractivity contribution in [2.75, 3.05) is 18.6 Å². The lowest BCUT2D eigenvalue weighted by atomic mass is 10.1. The zero-order valence-corrected chi connectivity index (χ0v) is 13.7. The highest BCUT2D eigenvalue weighted by atomic mass is 16.5. The Labute approximate surface area is 140 Å². The van der Waals surface area contributed by atoms with Gasteiger partial charge < -0.3 is 14.6 Å². The number of hydrogen-bond acceptors (Lipinski definition) is 3. The number of benzene rings is 2. The first-order valence-electron chi connectivity index (χ1n) is 8.05. The van der Waals surface area contributed by atoms with Gasteiger partial charge in [-0.15, -0.1) is 0 Å². The average Bonchev–Trinajstić information content (AvgIpc) is 3.17. The SMILES string of the molecule is COc1ccccc1N1C[C@H](c2nc3ccc(C)cc3[nH]2)CC1=O. The number of imidazole rings is 1. The molecule has 0 bridgehead atoms. The Morgan fingerprint density at radius 2 is 2.08 bits per heavy atom. The number of ether oxygens (including phenoxy) is 1. The maximum Gasteiger partial charge on any atom is 0.227 e. The van der Waals surface area contributed by atoms with Gasteiger partial charge in [-0.2, -0.15) is 0 Å². The molecule has 1 aliphatic heterocycles. The summed E-state index contributed by atoms with van der Waals surface area (Å²) in [6.45, 7) is 2.67. The normalized spacial score (nSPS) is 17.7. The Morgan fingerprint density at radius 1 is 1.25 bits per heavy atom. The summed E-state index contributed by atoms with van der Waals surface area (Å²) in [5.41, 5.74) is 3.97. The van der Waals surface area contributed by atoms with Crippen LogP contribution >= 0.6 is 0 Å². The molecule has 1 saturated heterocycles. The van der Waals surface area contributed by atoms with E-state index in [-0.39, 0.29) is 11.8 Å². The standard InChI is InChI=1S/C19H19N3O2/c1-12-7-8-14-15(9-12)21-19(20-14)13-10-18(23)22(11-13)16-5-3-4-6-17(16)24-2/h3-9,13H,10-11H2,1-2H3,(H,20,21)/t13-/m1/s1. The van der Waals surface area contributed by atoms with Gasteiger partial charge in [0.1, 0.15) is 11.6 Å². The van der Waals surface area contributed by atoms with E-state index in [0.717, 1.165) is 22.5 Å². The van der Waals surface area contributed by atoms with Crippen molar-refractivity contribution in [3.63, 3.8) is 0 Å². The number of fused-ring (bicyclic) bond motifs is 1. The third-order valence-electron chi connectivity index (χ3n) is 4.54. The minimum Gasteiger partial charge on any atom is -0.495 e. The third kappa shape index (κ3) is 2.42. The second-order valence-electron chi connectivity index (χ2n) is 6.22. The molecule has 0 aliphatic carbocycles. The predicted octanol–water partition coefficient (Wildman–Crippen LogP) is 3.40. The highest BCUT2D eigenvalue weighted by Gasteiger charge is 2.34. The van der Waals surface area contributed by atoms with E-state index in [4.69, 9.17) is 4.74 Å². The van der Waals surface area contributed by atoms with Crippen LogP contribution in [0.15, 0.2) is 42.5 Å². The van der Waals surface area contributed by atoms with Crippen molar-refractivity contribution < 1.29 is 9.53 Å². The highest BCUT2D eigenvalue weighted by Crippen LogP contribution is 2.36. The number of amides is 1. The Bertz CT molecular complexity index is 916. The van der Waals surface area contributed by atoms with Crippen molar-refractivity contribution in [2.24, 2.45) is 0 Å². The minimum absolute atomic E-state index is 0.0649. The van der Waals surface area contributed by atoms with Gasteiger partial charge in [-0.1, -0.05) is 18.2 Å². The molecule has 1 aliphatic rings. The fourth-order valence-corrected chi connectivity index (χ4v) is 3.31. The summed E-state index contributed by atoms with van der Waals surface area (Å²) in [5.74, 6) is 1.75. The summed E-state index contributed by atoms with van der Waals surface area (Å²) in [7, 11) is 1.62. The Hall–Kier alpha value is -2.82. The fourth-order valence-electron chi connectivity index (χ4n) is 3.31. The van der Waals surface area contributed by atoms with Gasteiger partial charge in [0.2, 0.25) is 5.91 Å². The van der Waals surface area contributed by atoms with E-state index in [9.17, 15) is 4.79 Å². The van der Waals surface area contributed by atoms with E-state index in [1.54, 1.807) is 12.0 Å². The summed E-state index contributed by atoms with van der Waals surface area (Å²) in [6.07, 6.45) is 0.455. The summed E-state index contributed by atoms with van der Waals surface area (Å²) in [5, 5.41) is 0. The Balaban J connectivity index is 1.65. The van der Waals surface area contributed by atoms with Gasteiger partial charge in [-0.3, -0.25) is 4.79 Å². The van der Waals surface area contributed by atoms with Crippen LogP contribution in [0.2, 0.25) is 0 Å². The molecule has 3 aromatic rings. The zero-order valence-electron chi connectivity index (χ0n) is 13.7. The lowest BCUT2D eigenvalue weighted by molar-refractivity contribution is -0.117. The number of anilines is 1. The number of carbonyl (C=O) groups is 1. The number of aryl methyl sites for hydroxylation is 1. The maximum atomic E-state index is 12.5. The molecule has 4 rings (SSSR count). The maximum absolute atomic E-state index is 12.5. The third-order valence-corrected chi connectivity index (χ3v) is 4.54. The van der Waals surface area contributed by atoms with Crippen molar-refractivity contribution in [2.45, 2.75) is 19.3 Å². The summed E-state index contributed by atoms with van der Waals surface area (Å²) in [4.78, 5) is 22.4. The zero-order chi connectivity index (χ0) is 16.7. The summed E-state index contributed by atoms with van der Waals surface area (Å²) >= 11 is 0. The molecule has 1 amide bonds. The first-order chi connectivity index (χ1) is 11.7. The van der Waals surface area contributed by atoms with E-state index in [1.165, 1.54) is 5.56 Å². The van der Waals surface area contributed by atoms with Crippen LogP contribution in [-0.4, -0.2) is 29.5 Å². The summed E-state index contributed by atoms with van der Waals surface area (Å²) < 4.78 is 5.39. The number of aromatic amines is 1. The van der Waals surface area contributed by atoms with Crippen LogP contribution in [0, 0.1) is 6.92 Å². The number of hydrogen-bond donors (Lipinski definition) is 1. The van der Waals surface area contributed by atoms with Crippen LogP contribution in [-0.2, 0) is 4.79 Å². The number of nitrogens with one attached hydrogen (secondary N) is 1. The van der Waals surface area contributed by atoms with Crippen LogP contribution in [0.1, 0.15) is 23.7 Å². The Kier molecular flexibility index (Phi) is 3.49. The molecule has 1 N–H and O–H groups in total. The van der Waals surface area contributed by atoms with Gasteiger partial charge in [0.15, 0.2) is 0 Å². The molecule has 122 valence electrons. The molecule has 5 heteroatoms. The monoisotopic (exact) mass is 321 g/mol. The molecule has 1 atom stereocenters. The van der Waals surface area contributed by atoms with Gasteiger partial charge >= 0.3 is 0 Å². The van der Waals surface area contributed by atoms with E-state index >= 15 is 0 Å². The van der Waals surface area contributed by atoms with Crippen molar-refractivity contribution >= 4 is 22.6 Å². The molecule has 0 radical (unpaired) electrons. The smallest absolute Gasteiger partial charge is 0.227 e. The number of carbonyl (C=O) groups excluding carboxylic acids is 1. The van der Waals surface area contributed by atoms with E-state index < -0.39 is 0 Å². The quantitative estimate of drug-likeness (QED) is 0.804. The molecular formula is C19H19N3O2. The van der Waals surface area contributed by atoms with Gasteiger partial charge in [-0.05, 0) is 36.8 Å². The molecule has 5 nitrogen and oxygen atoms in total. The molecule has 0 unspecified atom stereocenters. The number of aromatic nitrogens is 2. The molecule has 24 heavy (non-hydrogen) atoms. The van der Waals surface area contributed by atoms with Gasteiger partial charge in [-0.25, -0.2) is 4.98 Å². The Morgan fingerprint density at radius 3 is 2.92 bits per heavy atom. The van der Waals surface area contributed by atoms with Crippen LogP contribution in [0.3, 0.4) is 0 Å². The highest BCUT2D eigenvalue weighted by molar-refractivity contribution is 5.97. The first-order valence-corrected chi connectivity index (χ1v) is 8.05. The topological polar surface area (TPSA) is 58.2 Å². The second-order valence-corrected chi connectivity index (χ2v) is 6.22. The lowest BCUT2D eigenvalue weighted by Gasteiger charge is -2.19. The fraction of sp³-hybridized carbons (Fsp3) is 0.263. The van der Waals surface area contributed by atoms with Crippen LogP contribution < -0.4 is 9.64 Å². The number of para-hydroxylation sites is 2. The average molecular weight is 321 g/mol. The molecular weight excluding hydrogens is 302 g/mol. The van der Waals surface area contributed by atoms with Crippen molar-refractivity contribution in [3.8, 4) is 5.75 Å². The van der Waals surface area contributed by atoms with Crippen molar-refractivity contribution in [3.05, 3.63) is 53.9 Å². The number of H-pyrrole nitrogens is 1. The first kappa shape index (κ1) is 14.8. The van der Waals surface area contributed by atoms with Crippen molar-refractivity contribution in [1.82, 2.24) is 9.97 Å². The molecule has 0 saturated carbocycles. The largest absolute Gasteiger partial charge is 0.495 e. The number of rotatable bonds is 3. The lowest BCUT2D eigenvalue weighted by Crippen LogP contribution is -2.24. The summed E-state index contributed by atoms with van der Waals surface area (Å²) in [6, 6.07) is 13.8. The van der Waals surface area contributed by atoms with Crippen molar-refractivity contribution in [1.29, 1.82) is 0 Å². The molecule has 1 aromatic heterocycles.